The topological polar surface area (TPSA) is 15.6 Å². The fourth-order valence-electron chi connectivity index (χ4n) is 1.02. The molecule has 11 heavy (non-hydrogen) atoms. The monoisotopic (exact) mass is 186 g/mol. The second-order valence-corrected chi connectivity index (χ2v) is 3.71. The minimum atomic E-state index is -0.0999. The molecule has 1 aliphatic heterocycles. The van der Waals surface area contributed by atoms with Crippen LogP contribution in [0.4, 0.5) is 10.7 Å². The summed E-state index contributed by atoms with van der Waals surface area (Å²) in [5, 5.41) is 3.07. The molecule has 0 amide bonds. The van der Waals surface area contributed by atoms with Crippen LogP contribution in [0.5, 0.6) is 0 Å². The van der Waals surface area contributed by atoms with Gasteiger partial charge in [0, 0.05) is 13.3 Å². The van der Waals surface area contributed by atoms with Gasteiger partial charge in [-0.25, -0.2) is 4.99 Å². The summed E-state index contributed by atoms with van der Waals surface area (Å²) in [6, 6.07) is 2.03. The Kier molecular flexibility index (Phi) is 1.62. The van der Waals surface area contributed by atoms with Crippen LogP contribution < -0.4 is 4.90 Å². The average molecular weight is 187 g/mol. The number of halogens is 1. The highest BCUT2D eigenvalue weighted by atomic mass is 35.5. The van der Waals surface area contributed by atoms with Crippen molar-refractivity contribution in [2.24, 2.45) is 4.99 Å². The van der Waals surface area contributed by atoms with Crippen molar-refractivity contribution in [3.8, 4) is 0 Å². The van der Waals surface area contributed by atoms with E-state index in [1.807, 2.05) is 23.4 Å². The highest BCUT2D eigenvalue weighted by molar-refractivity contribution is 7.14. The number of hydrogen-bond donors (Lipinski definition) is 0. The zero-order valence-electron chi connectivity index (χ0n) is 5.99. The van der Waals surface area contributed by atoms with Gasteiger partial charge in [-0.05, 0) is 11.4 Å². The maximum atomic E-state index is 5.93. The fraction of sp³-hybridized carbons (Fsp3) is 0.286. The summed E-state index contributed by atoms with van der Waals surface area (Å²) in [6.07, 6.45) is 1.75. The summed E-state index contributed by atoms with van der Waals surface area (Å²) in [7, 11) is 1.97. The fourth-order valence-corrected chi connectivity index (χ4v) is 1.96. The molecule has 0 fully saturated rings. The van der Waals surface area contributed by atoms with Crippen molar-refractivity contribution in [3.05, 3.63) is 11.4 Å². The maximum Gasteiger partial charge on any atom is 0.140 e. The molecule has 0 aliphatic carbocycles. The molecule has 1 atom stereocenters. The third kappa shape index (κ3) is 1.04. The molecule has 0 bridgehead atoms. The summed E-state index contributed by atoms with van der Waals surface area (Å²) >= 11 is 7.57. The standard InChI is InChI=1S/C7H7ClN2S/c1-10-5-2-3-11-7(5)9-4-6(10)8/h2-4,6H,1H3. The number of thiophene rings is 1. The second-order valence-electron chi connectivity index (χ2n) is 2.37. The normalized spacial score (nSPS) is 22.0. The predicted octanol–water partition coefficient (Wildman–Crippen LogP) is 2.47. The van der Waals surface area contributed by atoms with Gasteiger partial charge in [0.1, 0.15) is 10.5 Å². The molecule has 58 valence electrons. The lowest BCUT2D eigenvalue weighted by Gasteiger charge is -2.24. The Labute approximate surface area is 74.1 Å². The maximum absolute atomic E-state index is 5.93. The molecule has 2 heterocycles. The molecule has 0 aromatic carbocycles. The van der Waals surface area contributed by atoms with E-state index in [1.54, 1.807) is 17.6 Å². The highest BCUT2D eigenvalue weighted by Gasteiger charge is 2.18. The molecule has 0 saturated carbocycles. The van der Waals surface area contributed by atoms with E-state index < -0.39 is 0 Å². The molecule has 4 heteroatoms. The van der Waals surface area contributed by atoms with Gasteiger partial charge in [-0.3, -0.25) is 0 Å². The lowest BCUT2D eigenvalue weighted by atomic mass is 10.4. The number of nitrogens with zero attached hydrogens (tertiary/aromatic N) is 2. The number of hydrogen-bond acceptors (Lipinski definition) is 3. The largest absolute Gasteiger partial charge is 0.351 e. The Hall–Kier alpha value is -0.540. The number of alkyl halides is 1. The van der Waals surface area contributed by atoms with E-state index in [2.05, 4.69) is 4.99 Å². The molecule has 1 aromatic rings. The number of fused-ring (bicyclic) bond motifs is 1. The van der Waals surface area contributed by atoms with Crippen LogP contribution in [-0.4, -0.2) is 18.8 Å². The molecular formula is C7H7ClN2S. The van der Waals surface area contributed by atoms with E-state index >= 15 is 0 Å². The van der Waals surface area contributed by atoms with Gasteiger partial charge in [-0.15, -0.1) is 11.3 Å². The number of aliphatic imine (C=N–C) groups is 1. The Balaban J connectivity index is 2.48. The zero-order valence-corrected chi connectivity index (χ0v) is 7.56. The molecular weight excluding hydrogens is 180 g/mol. The van der Waals surface area contributed by atoms with Crippen molar-refractivity contribution in [3.63, 3.8) is 0 Å². The SMILES string of the molecule is CN1c2ccsc2N=CC1Cl. The molecule has 0 radical (unpaired) electrons. The van der Waals surface area contributed by atoms with Gasteiger partial charge in [0.15, 0.2) is 0 Å². The van der Waals surface area contributed by atoms with Crippen molar-refractivity contribution in [1.82, 2.24) is 0 Å². The van der Waals surface area contributed by atoms with Crippen LogP contribution in [0.2, 0.25) is 0 Å². The van der Waals surface area contributed by atoms with Crippen molar-refractivity contribution in [1.29, 1.82) is 0 Å². The van der Waals surface area contributed by atoms with E-state index in [4.69, 9.17) is 11.6 Å². The van der Waals surface area contributed by atoms with Gasteiger partial charge < -0.3 is 4.90 Å². The van der Waals surface area contributed by atoms with Crippen LogP contribution in [0.3, 0.4) is 0 Å². The van der Waals surface area contributed by atoms with Crippen LogP contribution in [0, 0.1) is 0 Å². The first kappa shape index (κ1) is 7.13. The molecule has 2 rings (SSSR count). The van der Waals surface area contributed by atoms with Crippen LogP contribution in [0.1, 0.15) is 0 Å². The van der Waals surface area contributed by atoms with Crippen LogP contribution in [-0.2, 0) is 0 Å². The van der Waals surface area contributed by atoms with Crippen molar-refractivity contribution in [2.45, 2.75) is 5.50 Å². The van der Waals surface area contributed by atoms with E-state index in [0.29, 0.717) is 0 Å². The molecule has 1 unspecified atom stereocenters. The second kappa shape index (κ2) is 2.50. The Morgan fingerprint density at radius 3 is 3.36 bits per heavy atom. The molecule has 0 spiro atoms. The lowest BCUT2D eigenvalue weighted by Crippen LogP contribution is -2.29. The molecule has 0 N–H and O–H groups in total. The predicted molar refractivity (Wildman–Crippen MR) is 50.5 cm³/mol. The van der Waals surface area contributed by atoms with Gasteiger partial charge in [-0.1, -0.05) is 11.6 Å². The first-order chi connectivity index (χ1) is 5.29. The Bertz CT molecular complexity index is 294. The lowest BCUT2D eigenvalue weighted by molar-refractivity contribution is 1.00. The Morgan fingerprint density at radius 2 is 2.55 bits per heavy atom. The molecule has 0 saturated heterocycles. The van der Waals surface area contributed by atoms with Crippen molar-refractivity contribution >= 4 is 39.8 Å². The quantitative estimate of drug-likeness (QED) is 0.449. The average Bonchev–Trinajstić information content (AvgIpc) is 2.45. The minimum Gasteiger partial charge on any atom is -0.351 e. The van der Waals surface area contributed by atoms with E-state index in [-0.39, 0.29) is 5.50 Å². The van der Waals surface area contributed by atoms with Crippen LogP contribution >= 0.6 is 22.9 Å². The summed E-state index contributed by atoms with van der Waals surface area (Å²) in [4.78, 5) is 6.20. The van der Waals surface area contributed by atoms with Gasteiger partial charge in [0.2, 0.25) is 0 Å². The van der Waals surface area contributed by atoms with Crippen molar-refractivity contribution in [2.75, 3.05) is 11.9 Å². The van der Waals surface area contributed by atoms with Gasteiger partial charge in [0.05, 0.1) is 5.69 Å². The van der Waals surface area contributed by atoms with Gasteiger partial charge >= 0.3 is 0 Å². The minimum absolute atomic E-state index is 0.0999. The van der Waals surface area contributed by atoms with E-state index in [0.717, 1.165) is 10.7 Å². The number of anilines is 1. The summed E-state index contributed by atoms with van der Waals surface area (Å²) < 4.78 is 0. The highest BCUT2D eigenvalue weighted by Crippen LogP contribution is 2.37. The van der Waals surface area contributed by atoms with Gasteiger partial charge in [-0.2, -0.15) is 0 Å². The summed E-state index contributed by atoms with van der Waals surface area (Å²) in [5.41, 5.74) is 1.02. The summed E-state index contributed by atoms with van der Waals surface area (Å²) in [5.74, 6) is 0. The van der Waals surface area contributed by atoms with E-state index in [9.17, 15) is 0 Å². The van der Waals surface area contributed by atoms with Crippen molar-refractivity contribution < 1.29 is 0 Å². The first-order valence-electron chi connectivity index (χ1n) is 3.27. The van der Waals surface area contributed by atoms with Crippen LogP contribution in [0.15, 0.2) is 16.4 Å². The smallest absolute Gasteiger partial charge is 0.140 e. The van der Waals surface area contributed by atoms with Gasteiger partial charge in [0.25, 0.3) is 0 Å². The molecule has 1 aliphatic rings. The zero-order chi connectivity index (χ0) is 7.84. The third-order valence-electron chi connectivity index (χ3n) is 1.69. The Morgan fingerprint density at radius 1 is 1.73 bits per heavy atom. The first-order valence-corrected chi connectivity index (χ1v) is 4.59. The number of rotatable bonds is 0. The summed E-state index contributed by atoms with van der Waals surface area (Å²) in [6.45, 7) is 0. The molecule has 1 aromatic heterocycles. The third-order valence-corrected chi connectivity index (χ3v) is 2.90. The van der Waals surface area contributed by atoms with Crippen LogP contribution in [0.25, 0.3) is 0 Å². The molecule has 2 nitrogen and oxygen atoms in total. The van der Waals surface area contributed by atoms with E-state index in [1.165, 1.54) is 0 Å².